The number of rotatable bonds is 1. The fraction of sp³-hybridized carbons (Fsp3) is 0.100. The summed E-state index contributed by atoms with van der Waals surface area (Å²) >= 11 is 0. The quantitative estimate of drug-likeness (QED) is 0.570. The fourth-order valence-corrected chi connectivity index (χ4v) is 1.80. The maximum Gasteiger partial charge on any atom is 0.320 e. The molecule has 0 aromatic carbocycles. The molecular weight excluding hydrogens is 208 g/mol. The molecule has 16 heavy (non-hydrogen) atoms. The molecule has 2 aliphatic heterocycles. The summed E-state index contributed by atoms with van der Waals surface area (Å²) in [6.45, 7) is 1.77. The van der Waals surface area contributed by atoms with Crippen molar-refractivity contribution in [3.63, 3.8) is 0 Å². The molecule has 6 nitrogen and oxygen atoms in total. The predicted molar refractivity (Wildman–Crippen MR) is 55.9 cm³/mol. The summed E-state index contributed by atoms with van der Waals surface area (Å²) in [4.78, 5) is 30.3. The minimum atomic E-state index is -0.752. The lowest BCUT2D eigenvalue weighted by molar-refractivity contribution is 1.09. The SMILES string of the molecule is Cc1nc2c(=O)c(=O)nc-2c1-c1ccn[nH]1. The van der Waals surface area contributed by atoms with Gasteiger partial charge in [0.1, 0.15) is 11.4 Å². The summed E-state index contributed by atoms with van der Waals surface area (Å²) < 4.78 is 0. The van der Waals surface area contributed by atoms with E-state index in [1.165, 1.54) is 0 Å². The van der Waals surface area contributed by atoms with Crippen LogP contribution >= 0.6 is 0 Å². The van der Waals surface area contributed by atoms with Gasteiger partial charge in [-0.15, -0.1) is 0 Å². The predicted octanol–water partition coefficient (Wildman–Crippen LogP) is -0.124. The lowest BCUT2D eigenvalue weighted by Gasteiger charge is -1.94. The Labute approximate surface area is 89.0 Å². The van der Waals surface area contributed by atoms with Crippen LogP contribution in [-0.4, -0.2) is 20.2 Å². The van der Waals surface area contributed by atoms with E-state index in [1.54, 1.807) is 19.2 Å². The topological polar surface area (TPSA) is 88.6 Å². The average molecular weight is 214 g/mol. The van der Waals surface area contributed by atoms with Crippen molar-refractivity contribution < 1.29 is 0 Å². The van der Waals surface area contributed by atoms with Crippen LogP contribution in [0.3, 0.4) is 0 Å². The Morgan fingerprint density at radius 2 is 2.00 bits per heavy atom. The first-order valence-electron chi connectivity index (χ1n) is 4.66. The second kappa shape index (κ2) is 2.82. The molecule has 2 aliphatic rings. The second-order valence-electron chi connectivity index (χ2n) is 3.49. The van der Waals surface area contributed by atoms with Gasteiger partial charge in [0.15, 0.2) is 0 Å². The minimum Gasteiger partial charge on any atom is -0.281 e. The summed E-state index contributed by atoms with van der Waals surface area (Å²) in [5, 5.41) is 6.59. The summed E-state index contributed by atoms with van der Waals surface area (Å²) in [5.74, 6) is 0. The third-order valence-corrected chi connectivity index (χ3v) is 2.50. The van der Waals surface area contributed by atoms with E-state index in [9.17, 15) is 9.59 Å². The Hall–Kier alpha value is -2.37. The third-order valence-electron chi connectivity index (χ3n) is 2.50. The number of nitrogens with one attached hydrogen (secondary N) is 1. The molecule has 1 aromatic heterocycles. The van der Waals surface area contributed by atoms with Crippen LogP contribution in [0.4, 0.5) is 0 Å². The average Bonchev–Trinajstić information content (AvgIpc) is 2.89. The Kier molecular flexibility index (Phi) is 1.57. The highest BCUT2D eigenvalue weighted by Gasteiger charge is 2.25. The van der Waals surface area contributed by atoms with Gasteiger partial charge in [-0.1, -0.05) is 0 Å². The van der Waals surface area contributed by atoms with Crippen LogP contribution in [0.25, 0.3) is 22.6 Å². The smallest absolute Gasteiger partial charge is 0.281 e. The molecule has 0 aliphatic carbocycles. The van der Waals surface area contributed by atoms with Crippen molar-refractivity contribution in [2.24, 2.45) is 0 Å². The number of aryl methyl sites for hydroxylation is 1. The van der Waals surface area contributed by atoms with Crippen LogP contribution in [0.5, 0.6) is 0 Å². The van der Waals surface area contributed by atoms with E-state index >= 15 is 0 Å². The lowest BCUT2D eigenvalue weighted by Crippen LogP contribution is -2.19. The zero-order valence-electron chi connectivity index (χ0n) is 8.31. The van der Waals surface area contributed by atoms with Crippen LogP contribution in [-0.2, 0) is 0 Å². The molecule has 1 aromatic rings. The van der Waals surface area contributed by atoms with Crippen LogP contribution in [0.2, 0.25) is 0 Å². The molecule has 6 heteroatoms. The van der Waals surface area contributed by atoms with Gasteiger partial charge < -0.3 is 0 Å². The molecule has 0 fully saturated rings. The van der Waals surface area contributed by atoms with Gasteiger partial charge >= 0.3 is 5.56 Å². The maximum atomic E-state index is 11.4. The van der Waals surface area contributed by atoms with Crippen molar-refractivity contribution in [3.05, 3.63) is 38.5 Å². The highest BCUT2D eigenvalue weighted by molar-refractivity contribution is 5.81. The maximum absolute atomic E-state index is 11.4. The highest BCUT2D eigenvalue weighted by atomic mass is 16.2. The van der Waals surface area contributed by atoms with Gasteiger partial charge in [-0.05, 0) is 13.0 Å². The monoisotopic (exact) mass is 214 g/mol. The summed E-state index contributed by atoms with van der Waals surface area (Å²) in [6, 6.07) is 1.74. The molecule has 0 bridgehead atoms. The van der Waals surface area contributed by atoms with Gasteiger partial charge in [-0.2, -0.15) is 5.10 Å². The largest absolute Gasteiger partial charge is 0.320 e. The van der Waals surface area contributed by atoms with Crippen LogP contribution in [0, 0.1) is 6.92 Å². The van der Waals surface area contributed by atoms with Crippen molar-refractivity contribution in [1.29, 1.82) is 0 Å². The zero-order chi connectivity index (χ0) is 11.3. The van der Waals surface area contributed by atoms with Gasteiger partial charge in [-0.25, -0.2) is 9.97 Å². The first kappa shape index (κ1) is 8.90. The molecule has 0 unspecified atom stereocenters. The number of nitrogens with zero attached hydrogens (tertiary/aromatic N) is 3. The molecule has 0 saturated carbocycles. The normalized spacial score (nSPS) is 11.3. The fourth-order valence-electron chi connectivity index (χ4n) is 1.80. The summed E-state index contributed by atoms with van der Waals surface area (Å²) in [5.41, 5.74) is 1.16. The van der Waals surface area contributed by atoms with Crippen LogP contribution in [0.15, 0.2) is 21.9 Å². The number of fused-ring (bicyclic) bond motifs is 1. The molecule has 0 amide bonds. The van der Waals surface area contributed by atoms with Crippen molar-refractivity contribution in [2.75, 3.05) is 0 Å². The standard InChI is InChI=1S/C10H6N4O2/c1-4-6(5-2-3-11-14-5)7-8(12-4)9(15)10(16)13-7/h2-3H,1H3,(H,11,14). The van der Waals surface area contributed by atoms with E-state index in [1.807, 2.05) is 0 Å². The van der Waals surface area contributed by atoms with E-state index in [2.05, 4.69) is 20.2 Å². The molecule has 0 spiro atoms. The van der Waals surface area contributed by atoms with Crippen molar-refractivity contribution in [1.82, 2.24) is 20.2 Å². The molecule has 0 radical (unpaired) electrons. The molecule has 0 saturated heterocycles. The van der Waals surface area contributed by atoms with E-state index in [-0.39, 0.29) is 5.69 Å². The van der Waals surface area contributed by atoms with Crippen molar-refractivity contribution >= 4 is 0 Å². The molecular formula is C10H6N4O2. The Morgan fingerprint density at radius 1 is 1.19 bits per heavy atom. The Balaban J connectivity index is 2.41. The van der Waals surface area contributed by atoms with E-state index in [0.29, 0.717) is 22.6 Å². The molecule has 1 N–H and O–H groups in total. The van der Waals surface area contributed by atoms with E-state index in [0.717, 1.165) is 0 Å². The van der Waals surface area contributed by atoms with E-state index in [4.69, 9.17) is 0 Å². The van der Waals surface area contributed by atoms with Gasteiger partial charge in [0, 0.05) is 17.5 Å². The Bertz CT molecular complexity index is 707. The van der Waals surface area contributed by atoms with Crippen molar-refractivity contribution in [3.8, 4) is 22.6 Å². The number of hydrogen-bond acceptors (Lipinski definition) is 5. The first-order chi connectivity index (χ1) is 7.68. The minimum absolute atomic E-state index is 0.145. The lowest BCUT2D eigenvalue weighted by atomic mass is 10.1. The summed E-state index contributed by atoms with van der Waals surface area (Å²) in [6.07, 6.45) is 1.59. The molecule has 0 atom stereocenters. The van der Waals surface area contributed by atoms with E-state index < -0.39 is 11.0 Å². The number of hydrogen-bond donors (Lipinski definition) is 1. The highest BCUT2D eigenvalue weighted by Crippen LogP contribution is 2.31. The van der Waals surface area contributed by atoms with Gasteiger partial charge in [0.2, 0.25) is 0 Å². The van der Waals surface area contributed by atoms with Gasteiger partial charge in [-0.3, -0.25) is 14.7 Å². The molecule has 3 heterocycles. The number of H-pyrrole nitrogens is 1. The van der Waals surface area contributed by atoms with Crippen LogP contribution in [0.1, 0.15) is 5.69 Å². The third kappa shape index (κ3) is 0.979. The summed E-state index contributed by atoms with van der Waals surface area (Å²) in [7, 11) is 0. The first-order valence-corrected chi connectivity index (χ1v) is 4.66. The second-order valence-corrected chi connectivity index (χ2v) is 3.49. The van der Waals surface area contributed by atoms with Crippen LogP contribution < -0.4 is 11.0 Å². The number of aromatic nitrogens is 4. The van der Waals surface area contributed by atoms with Crippen molar-refractivity contribution in [2.45, 2.75) is 6.92 Å². The van der Waals surface area contributed by atoms with Gasteiger partial charge in [0.05, 0.1) is 5.69 Å². The number of aromatic amines is 1. The Morgan fingerprint density at radius 3 is 2.69 bits per heavy atom. The van der Waals surface area contributed by atoms with Gasteiger partial charge in [0.25, 0.3) is 5.43 Å². The zero-order valence-corrected chi connectivity index (χ0v) is 8.31. The molecule has 3 rings (SSSR count). The molecule has 78 valence electrons.